The quantitative estimate of drug-likeness (QED) is 0.631. The van der Waals surface area contributed by atoms with Crippen LogP contribution in [0.1, 0.15) is 12.1 Å². The molecule has 2 heterocycles. The summed E-state index contributed by atoms with van der Waals surface area (Å²) in [6.45, 7) is 1.40. The molecule has 1 saturated heterocycles. The first kappa shape index (κ1) is 13.1. The number of para-hydroxylation sites is 1. The van der Waals surface area contributed by atoms with Crippen molar-refractivity contribution in [3.8, 4) is 0 Å². The molecule has 6 heteroatoms. The molecule has 2 atom stereocenters. The summed E-state index contributed by atoms with van der Waals surface area (Å²) in [6, 6.07) is 7.47. The second-order valence-corrected chi connectivity index (χ2v) is 5.13. The van der Waals surface area contributed by atoms with Gasteiger partial charge in [-0.2, -0.15) is 5.10 Å². The van der Waals surface area contributed by atoms with E-state index in [0.29, 0.717) is 13.0 Å². The summed E-state index contributed by atoms with van der Waals surface area (Å²) < 4.78 is 0. The van der Waals surface area contributed by atoms with Gasteiger partial charge < -0.3 is 15.7 Å². The fourth-order valence-corrected chi connectivity index (χ4v) is 2.56. The number of nitrogens with one attached hydrogen (secondary N) is 3. The highest BCUT2D eigenvalue weighted by Crippen LogP contribution is 2.15. The lowest BCUT2D eigenvalue weighted by Gasteiger charge is -2.29. The number of aliphatic hydroxyl groups is 1. The molecule has 6 nitrogen and oxygen atoms in total. The van der Waals surface area contributed by atoms with Crippen LogP contribution in [-0.4, -0.2) is 46.4 Å². The molecule has 0 spiro atoms. The van der Waals surface area contributed by atoms with Crippen LogP contribution in [0.3, 0.4) is 0 Å². The van der Waals surface area contributed by atoms with Crippen molar-refractivity contribution in [2.75, 3.05) is 13.1 Å². The van der Waals surface area contributed by atoms with Gasteiger partial charge in [-0.15, -0.1) is 0 Å². The normalized spacial score (nSPS) is 22.9. The number of carbonyl (C=O) groups excluding carboxylic acids is 1. The highest BCUT2D eigenvalue weighted by molar-refractivity contribution is 5.87. The van der Waals surface area contributed by atoms with Crippen molar-refractivity contribution in [3.63, 3.8) is 0 Å². The fourth-order valence-electron chi connectivity index (χ4n) is 2.56. The van der Waals surface area contributed by atoms with E-state index in [9.17, 15) is 9.90 Å². The number of piperidine rings is 1. The monoisotopic (exact) mass is 274 g/mol. The Morgan fingerprint density at radius 2 is 2.30 bits per heavy atom. The number of hydrogen-bond acceptors (Lipinski definition) is 4. The Morgan fingerprint density at radius 3 is 3.15 bits per heavy atom. The van der Waals surface area contributed by atoms with Crippen molar-refractivity contribution in [2.45, 2.75) is 25.0 Å². The number of carbonyl (C=O) groups is 1. The summed E-state index contributed by atoms with van der Waals surface area (Å²) in [5, 5.41) is 23.9. The van der Waals surface area contributed by atoms with E-state index in [1.165, 1.54) is 0 Å². The highest BCUT2D eigenvalue weighted by atomic mass is 16.3. The van der Waals surface area contributed by atoms with Crippen molar-refractivity contribution in [3.05, 3.63) is 30.0 Å². The Bertz CT molecular complexity index is 610. The molecule has 1 aromatic carbocycles. The van der Waals surface area contributed by atoms with E-state index in [1.54, 1.807) is 0 Å². The number of fused-ring (bicyclic) bond motifs is 1. The molecule has 1 aliphatic heterocycles. The zero-order valence-corrected chi connectivity index (χ0v) is 11.1. The number of amides is 1. The first-order valence-electron chi connectivity index (χ1n) is 6.84. The second-order valence-electron chi connectivity index (χ2n) is 5.13. The highest BCUT2D eigenvalue weighted by Gasteiger charge is 2.24. The molecule has 106 valence electrons. The molecule has 0 unspecified atom stereocenters. The van der Waals surface area contributed by atoms with Crippen LogP contribution in [0.15, 0.2) is 24.3 Å². The smallest absolute Gasteiger partial charge is 0.226 e. The first-order valence-corrected chi connectivity index (χ1v) is 6.84. The summed E-state index contributed by atoms with van der Waals surface area (Å²) in [7, 11) is 0. The van der Waals surface area contributed by atoms with E-state index in [2.05, 4.69) is 20.8 Å². The third-order valence-corrected chi connectivity index (χ3v) is 3.67. The van der Waals surface area contributed by atoms with Crippen LogP contribution in [0.25, 0.3) is 10.9 Å². The average molecular weight is 274 g/mol. The summed E-state index contributed by atoms with van der Waals surface area (Å²) >= 11 is 0. The molecular weight excluding hydrogens is 256 g/mol. The van der Waals surface area contributed by atoms with Crippen LogP contribution < -0.4 is 10.6 Å². The second kappa shape index (κ2) is 5.60. The minimum Gasteiger partial charge on any atom is -0.391 e. The number of nitrogens with zero attached hydrogens (tertiary/aromatic N) is 1. The minimum absolute atomic E-state index is 0.104. The lowest BCUT2D eigenvalue weighted by Crippen LogP contribution is -2.54. The van der Waals surface area contributed by atoms with E-state index in [4.69, 9.17) is 0 Å². The molecular formula is C14H18N4O2. The van der Waals surface area contributed by atoms with Gasteiger partial charge in [-0.3, -0.25) is 9.89 Å². The lowest BCUT2D eigenvalue weighted by molar-refractivity contribution is -0.122. The number of benzene rings is 1. The Kier molecular flexibility index (Phi) is 3.66. The lowest BCUT2D eigenvalue weighted by atomic mass is 10.0. The molecule has 0 saturated carbocycles. The van der Waals surface area contributed by atoms with Crippen LogP contribution in [0.2, 0.25) is 0 Å². The van der Waals surface area contributed by atoms with Crippen molar-refractivity contribution in [1.82, 2.24) is 20.8 Å². The van der Waals surface area contributed by atoms with Crippen molar-refractivity contribution in [1.29, 1.82) is 0 Å². The predicted molar refractivity (Wildman–Crippen MR) is 75.2 cm³/mol. The molecule has 4 N–H and O–H groups in total. The van der Waals surface area contributed by atoms with Crippen molar-refractivity contribution < 1.29 is 9.90 Å². The molecule has 1 aromatic heterocycles. The molecule has 0 bridgehead atoms. The van der Waals surface area contributed by atoms with Gasteiger partial charge in [0.05, 0.1) is 29.8 Å². The number of aromatic amines is 1. The zero-order valence-electron chi connectivity index (χ0n) is 11.1. The molecule has 1 amide bonds. The van der Waals surface area contributed by atoms with Crippen LogP contribution >= 0.6 is 0 Å². The third-order valence-electron chi connectivity index (χ3n) is 3.67. The molecule has 0 radical (unpaired) electrons. The topological polar surface area (TPSA) is 90.0 Å². The number of aliphatic hydroxyl groups excluding tert-OH is 1. The van der Waals surface area contributed by atoms with Gasteiger partial charge in [0, 0.05) is 11.9 Å². The van der Waals surface area contributed by atoms with Gasteiger partial charge in [0.2, 0.25) is 5.91 Å². The van der Waals surface area contributed by atoms with E-state index in [0.717, 1.165) is 23.1 Å². The van der Waals surface area contributed by atoms with Crippen molar-refractivity contribution >= 4 is 16.8 Å². The molecule has 1 aliphatic rings. The Hall–Kier alpha value is -1.92. The Morgan fingerprint density at radius 1 is 1.45 bits per heavy atom. The van der Waals surface area contributed by atoms with Gasteiger partial charge in [-0.25, -0.2) is 0 Å². The van der Waals surface area contributed by atoms with E-state index in [1.807, 2.05) is 24.3 Å². The van der Waals surface area contributed by atoms with Gasteiger partial charge in [0.25, 0.3) is 0 Å². The zero-order chi connectivity index (χ0) is 13.9. The first-order chi connectivity index (χ1) is 9.74. The maximum absolute atomic E-state index is 12.1. The van der Waals surface area contributed by atoms with Crippen LogP contribution in [0.5, 0.6) is 0 Å². The van der Waals surface area contributed by atoms with E-state index < -0.39 is 6.10 Å². The number of aromatic nitrogens is 2. The summed E-state index contributed by atoms with van der Waals surface area (Å²) in [5.74, 6) is -0.104. The van der Waals surface area contributed by atoms with E-state index >= 15 is 0 Å². The van der Waals surface area contributed by atoms with Crippen LogP contribution in [-0.2, 0) is 11.2 Å². The summed E-state index contributed by atoms with van der Waals surface area (Å²) in [6.07, 6.45) is 0.431. The standard InChI is InChI=1S/C14H18N4O2/c19-13-5-6-15-8-12(13)16-14(20)7-11-9-3-1-2-4-10(9)17-18-11/h1-4,12-13,15,19H,5-8H2,(H,16,20)(H,17,18)/t12-,13+/m0/s1. The number of H-pyrrole nitrogens is 1. The molecule has 2 aromatic rings. The Balaban J connectivity index is 1.66. The summed E-state index contributed by atoms with van der Waals surface area (Å²) in [5.41, 5.74) is 1.66. The number of hydrogen-bond donors (Lipinski definition) is 4. The molecule has 0 aliphatic carbocycles. The fraction of sp³-hybridized carbons (Fsp3) is 0.429. The van der Waals surface area contributed by atoms with Crippen molar-refractivity contribution in [2.24, 2.45) is 0 Å². The summed E-state index contributed by atoms with van der Waals surface area (Å²) in [4.78, 5) is 12.1. The molecule has 3 rings (SSSR count). The van der Waals surface area contributed by atoms with Gasteiger partial charge >= 0.3 is 0 Å². The number of rotatable bonds is 3. The third kappa shape index (κ3) is 2.66. The van der Waals surface area contributed by atoms with Gasteiger partial charge in [-0.05, 0) is 19.0 Å². The van der Waals surface area contributed by atoms with Gasteiger partial charge in [0.15, 0.2) is 0 Å². The van der Waals surface area contributed by atoms with Gasteiger partial charge in [-0.1, -0.05) is 18.2 Å². The Labute approximate surface area is 116 Å². The molecule has 1 fully saturated rings. The SMILES string of the molecule is O=C(Cc1[nH]nc2ccccc12)N[C@H]1CNCC[C@H]1O. The molecule has 20 heavy (non-hydrogen) atoms. The van der Waals surface area contributed by atoms with Crippen LogP contribution in [0.4, 0.5) is 0 Å². The maximum Gasteiger partial charge on any atom is 0.226 e. The van der Waals surface area contributed by atoms with E-state index in [-0.39, 0.29) is 18.4 Å². The largest absolute Gasteiger partial charge is 0.391 e. The minimum atomic E-state index is -0.473. The maximum atomic E-state index is 12.1. The van der Waals surface area contributed by atoms with Gasteiger partial charge in [0.1, 0.15) is 0 Å². The predicted octanol–water partition coefficient (Wildman–Crippen LogP) is -0.0556. The van der Waals surface area contributed by atoms with Crippen LogP contribution in [0, 0.1) is 0 Å². The average Bonchev–Trinajstić information content (AvgIpc) is 2.85.